The molecule has 9 heteroatoms. The Kier molecular flexibility index (Phi) is 9.70. The van der Waals surface area contributed by atoms with Crippen LogP contribution in [0.2, 0.25) is 0 Å². The Balaban J connectivity index is 1.31. The summed E-state index contributed by atoms with van der Waals surface area (Å²) in [6.07, 6.45) is 0.0416. The number of anilines is 3. The highest BCUT2D eigenvalue weighted by molar-refractivity contribution is 6.12. The lowest BCUT2D eigenvalue weighted by molar-refractivity contribution is -0.143. The van der Waals surface area contributed by atoms with Crippen molar-refractivity contribution in [3.8, 4) is 11.1 Å². The fourth-order valence-corrected chi connectivity index (χ4v) is 5.14. The average molecular weight is 605 g/mol. The predicted molar refractivity (Wildman–Crippen MR) is 176 cm³/mol. The van der Waals surface area contributed by atoms with E-state index in [1.807, 2.05) is 68.4 Å². The summed E-state index contributed by atoms with van der Waals surface area (Å²) in [6, 6.07) is 29.1. The summed E-state index contributed by atoms with van der Waals surface area (Å²) in [6.45, 7) is 2.71. The van der Waals surface area contributed by atoms with Crippen LogP contribution >= 0.6 is 0 Å². The summed E-state index contributed by atoms with van der Waals surface area (Å²) in [4.78, 5) is 57.5. The molecule has 0 spiro atoms. The number of nitrogens with one attached hydrogen (secondary N) is 1. The maximum Gasteiger partial charge on any atom is 0.326 e. The van der Waals surface area contributed by atoms with Crippen LogP contribution in [-0.2, 0) is 14.3 Å². The predicted octanol–water partition coefficient (Wildman–Crippen LogP) is 5.40. The molecule has 1 heterocycles. The highest BCUT2D eigenvalue weighted by Gasteiger charge is 2.31. The van der Waals surface area contributed by atoms with Crippen molar-refractivity contribution < 1.29 is 23.9 Å². The van der Waals surface area contributed by atoms with Gasteiger partial charge in [0.2, 0.25) is 5.91 Å². The van der Waals surface area contributed by atoms with Gasteiger partial charge in [0.1, 0.15) is 13.2 Å². The standard InChI is InChI=1S/C36H36N4O5/c1-25-12-14-26(15-13-25)29-8-4-5-9-30(29)35(43)37-28-18-16-27(17-19-28)36(44)39-21-20-33(41)40(32-11-7-6-10-31(32)39)24-34(42)45-23-22-38(2)3/h4-19H,20-24H2,1-3H3,(H,37,43). The Labute approximate surface area is 263 Å². The first-order valence-corrected chi connectivity index (χ1v) is 14.8. The van der Waals surface area contributed by atoms with E-state index in [1.165, 1.54) is 4.90 Å². The van der Waals surface area contributed by atoms with Crippen molar-refractivity contribution in [3.63, 3.8) is 0 Å². The van der Waals surface area contributed by atoms with Gasteiger partial charge in [-0.1, -0.05) is 60.2 Å². The Morgan fingerprint density at radius 3 is 2.22 bits per heavy atom. The normalized spacial score (nSPS) is 12.8. The van der Waals surface area contributed by atoms with Crippen LogP contribution in [0, 0.1) is 6.92 Å². The minimum Gasteiger partial charge on any atom is -0.463 e. The number of para-hydroxylation sites is 2. The van der Waals surface area contributed by atoms with Gasteiger partial charge in [0, 0.05) is 36.3 Å². The summed E-state index contributed by atoms with van der Waals surface area (Å²) in [5.41, 5.74) is 5.38. The van der Waals surface area contributed by atoms with Crippen LogP contribution in [0.25, 0.3) is 11.1 Å². The van der Waals surface area contributed by atoms with Crippen molar-refractivity contribution >= 4 is 40.8 Å². The average Bonchev–Trinajstić information content (AvgIpc) is 3.17. The zero-order chi connectivity index (χ0) is 31.9. The summed E-state index contributed by atoms with van der Waals surface area (Å²) >= 11 is 0. The van der Waals surface area contributed by atoms with Gasteiger partial charge in [-0.25, -0.2) is 0 Å². The van der Waals surface area contributed by atoms with E-state index < -0.39 is 5.97 Å². The fraction of sp³-hybridized carbons (Fsp3) is 0.222. The van der Waals surface area contributed by atoms with Crippen LogP contribution in [0.3, 0.4) is 0 Å². The number of hydrogen-bond acceptors (Lipinski definition) is 6. The molecule has 9 nitrogen and oxygen atoms in total. The number of hydrogen-bond donors (Lipinski definition) is 1. The molecule has 0 bridgehead atoms. The zero-order valence-electron chi connectivity index (χ0n) is 25.7. The van der Waals surface area contributed by atoms with Gasteiger partial charge in [-0.3, -0.25) is 24.1 Å². The number of esters is 1. The third kappa shape index (κ3) is 7.45. The highest BCUT2D eigenvalue weighted by Crippen LogP contribution is 2.34. The molecule has 0 aromatic heterocycles. The Hall–Kier alpha value is -5.28. The van der Waals surface area contributed by atoms with Crippen LogP contribution in [0.4, 0.5) is 17.1 Å². The van der Waals surface area contributed by atoms with Crippen molar-refractivity contribution in [3.05, 3.63) is 114 Å². The second-order valence-electron chi connectivity index (χ2n) is 11.1. The van der Waals surface area contributed by atoms with Gasteiger partial charge in [0.05, 0.1) is 11.4 Å². The maximum absolute atomic E-state index is 13.7. The molecule has 4 aromatic rings. The summed E-state index contributed by atoms with van der Waals surface area (Å²) in [5, 5.41) is 2.94. The summed E-state index contributed by atoms with van der Waals surface area (Å²) in [5.74, 6) is -1.34. The summed E-state index contributed by atoms with van der Waals surface area (Å²) in [7, 11) is 3.76. The second-order valence-corrected chi connectivity index (χ2v) is 11.1. The number of nitrogens with zero attached hydrogens (tertiary/aromatic N) is 3. The SMILES string of the molecule is Cc1ccc(-c2ccccc2C(=O)Nc2ccc(C(=O)N3CCC(=O)N(CC(=O)OCCN(C)C)c4ccccc43)cc2)cc1. The molecule has 1 N–H and O–H groups in total. The van der Waals surface area contributed by atoms with E-state index in [-0.39, 0.29) is 43.8 Å². The molecule has 45 heavy (non-hydrogen) atoms. The minimum absolute atomic E-state index is 0.0416. The molecule has 0 fully saturated rings. The highest BCUT2D eigenvalue weighted by atomic mass is 16.5. The topological polar surface area (TPSA) is 99.3 Å². The molecule has 1 aliphatic rings. The van der Waals surface area contributed by atoms with Crippen LogP contribution < -0.4 is 15.1 Å². The molecule has 0 unspecified atom stereocenters. The first kappa shape index (κ1) is 31.2. The molecule has 0 atom stereocenters. The van der Waals surface area contributed by atoms with Gasteiger partial charge in [-0.2, -0.15) is 0 Å². The van der Waals surface area contributed by atoms with Gasteiger partial charge in [-0.05, 0) is 74.6 Å². The smallest absolute Gasteiger partial charge is 0.326 e. The number of aryl methyl sites for hydroxylation is 1. The van der Waals surface area contributed by atoms with E-state index in [2.05, 4.69) is 5.32 Å². The number of carbonyl (C=O) groups is 4. The lowest BCUT2D eigenvalue weighted by Gasteiger charge is -2.25. The molecule has 0 radical (unpaired) electrons. The van der Waals surface area contributed by atoms with Crippen molar-refractivity contribution in [1.29, 1.82) is 0 Å². The van der Waals surface area contributed by atoms with Gasteiger partial charge < -0.3 is 19.9 Å². The Morgan fingerprint density at radius 1 is 0.844 bits per heavy atom. The zero-order valence-corrected chi connectivity index (χ0v) is 25.7. The third-order valence-corrected chi connectivity index (χ3v) is 7.57. The van der Waals surface area contributed by atoms with E-state index >= 15 is 0 Å². The van der Waals surface area contributed by atoms with E-state index in [4.69, 9.17) is 4.74 Å². The second kappa shape index (κ2) is 14.0. The van der Waals surface area contributed by atoms with Crippen LogP contribution in [-0.4, -0.2) is 68.9 Å². The number of benzene rings is 4. The molecule has 0 saturated heterocycles. The van der Waals surface area contributed by atoms with Gasteiger partial charge in [0.15, 0.2) is 0 Å². The number of rotatable bonds is 9. The van der Waals surface area contributed by atoms with Crippen molar-refractivity contribution in [2.24, 2.45) is 0 Å². The number of carbonyl (C=O) groups excluding carboxylic acids is 4. The number of ether oxygens (including phenoxy) is 1. The molecule has 3 amide bonds. The first-order valence-electron chi connectivity index (χ1n) is 14.8. The third-order valence-electron chi connectivity index (χ3n) is 7.57. The number of likely N-dealkylation sites (N-methyl/N-ethyl adjacent to an activating group) is 1. The van der Waals surface area contributed by atoms with Gasteiger partial charge in [0.25, 0.3) is 11.8 Å². The Bertz CT molecular complexity index is 1700. The first-order chi connectivity index (χ1) is 21.7. The monoisotopic (exact) mass is 604 g/mol. The van der Waals surface area contributed by atoms with Crippen molar-refractivity contribution in [1.82, 2.24) is 4.90 Å². The summed E-state index contributed by atoms with van der Waals surface area (Å²) < 4.78 is 5.32. The van der Waals surface area contributed by atoms with Crippen LogP contribution in [0.15, 0.2) is 97.1 Å². The van der Waals surface area contributed by atoms with Crippen LogP contribution in [0.5, 0.6) is 0 Å². The van der Waals surface area contributed by atoms with Crippen molar-refractivity contribution in [2.45, 2.75) is 13.3 Å². The maximum atomic E-state index is 13.7. The molecule has 4 aromatic carbocycles. The van der Waals surface area contributed by atoms with E-state index in [0.29, 0.717) is 34.7 Å². The molecular formula is C36H36N4O5. The van der Waals surface area contributed by atoms with E-state index in [1.54, 1.807) is 59.5 Å². The van der Waals surface area contributed by atoms with Crippen molar-refractivity contribution in [2.75, 3.05) is 55.5 Å². The largest absolute Gasteiger partial charge is 0.463 e. The van der Waals surface area contributed by atoms with E-state index in [0.717, 1.165) is 16.7 Å². The lowest BCUT2D eigenvalue weighted by atomic mass is 9.98. The van der Waals surface area contributed by atoms with Crippen LogP contribution in [0.1, 0.15) is 32.7 Å². The van der Waals surface area contributed by atoms with Gasteiger partial charge >= 0.3 is 5.97 Å². The Morgan fingerprint density at radius 2 is 1.51 bits per heavy atom. The molecule has 0 aliphatic carbocycles. The molecule has 5 rings (SSSR count). The quantitative estimate of drug-likeness (QED) is 0.257. The molecule has 1 aliphatic heterocycles. The lowest BCUT2D eigenvalue weighted by Crippen LogP contribution is -2.36. The fourth-order valence-electron chi connectivity index (χ4n) is 5.14. The molecular weight excluding hydrogens is 568 g/mol. The minimum atomic E-state index is -0.515. The molecule has 0 saturated carbocycles. The van der Waals surface area contributed by atoms with Gasteiger partial charge in [-0.15, -0.1) is 0 Å². The number of amides is 3. The number of fused-ring (bicyclic) bond motifs is 1. The molecule has 230 valence electrons. The van der Waals surface area contributed by atoms with E-state index in [9.17, 15) is 19.2 Å².